The molecule has 0 bridgehead atoms. The zero-order chi connectivity index (χ0) is 12.8. The molecule has 100 valence electrons. The van der Waals surface area contributed by atoms with Crippen LogP contribution in [-0.2, 0) is 0 Å². The zero-order valence-corrected chi connectivity index (χ0v) is 11.4. The minimum absolute atomic E-state index is 0.631. The van der Waals surface area contributed by atoms with E-state index in [1.54, 1.807) is 12.4 Å². The number of aromatic nitrogens is 2. The summed E-state index contributed by atoms with van der Waals surface area (Å²) >= 11 is 0. The number of ether oxygens (including phenoxy) is 1. The molecular formula is C14H23N3O. The predicted octanol–water partition coefficient (Wildman–Crippen LogP) is 3.11. The van der Waals surface area contributed by atoms with Gasteiger partial charge in [0.2, 0.25) is 5.88 Å². The van der Waals surface area contributed by atoms with Gasteiger partial charge in [-0.2, -0.15) is 4.98 Å². The second-order valence-electron chi connectivity index (χ2n) is 5.22. The number of nitrogens with zero attached hydrogens (tertiary/aromatic N) is 2. The van der Waals surface area contributed by atoms with Gasteiger partial charge < -0.3 is 10.1 Å². The quantitative estimate of drug-likeness (QED) is 0.871. The van der Waals surface area contributed by atoms with Crippen molar-refractivity contribution in [1.29, 1.82) is 0 Å². The molecule has 4 heteroatoms. The van der Waals surface area contributed by atoms with Crippen LogP contribution in [0.15, 0.2) is 12.4 Å². The Morgan fingerprint density at radius 3 is 3.06 bits per heavy atom. The summed E-state index contributed by atoms with van der Waals surface area (Å²) in [6.07, 6.45) is 8.67. The van der Waals surface area contributed by atoms with Crippen molar-refractivity contribution in [1.82, 2.24) is 9.97 Å². The van der Waals surface area contributed by atoms with E-state index in [1.165, 1.54) is 25.7 Å². The van der Waals surface area contributed by atoms with Crippen molar-refractivity contribution in [2.45, 2.75) is 39.5 Å². The molecule has 2 atom stereocenters. The second kappa shape index (κ2) is 6.57. The highest BCUT2D eigenvalue weighted by Gasteiger charge is 2.19. The number of rotatable bonds is 5. The molecule has 2 rings (SSSR count). The Kier molecular flexibility index (Phi) is 4.79. The Balaban J connectivity index is 1.83. The largest absolute Gasteiger partial charge is 0.476 e. The maximum Gasteiger partial charge on any atom is 0.234 e. The van der Waals surface area contributed by atoms with Gasteiger partial charge in [0.25, 0.3) is 0 Å². The van der Waals surface area contributed by atoms with E-state index in [-0.39, 0.29) is 0 Å². The molecule has 0 spiro atoms. The van der Waals surface area contributed by atoms with Crippen LogP contribution in [-0.4, -0.2) is 23.1 Å². The van der Waals surface area contributed by atoms with E-state index in [0.717, 1.165) is 24.9 Å². The van der Waals surface area contributed by atoms with Crippen molar-refractivity contribution in [2.75, 3.05) is 18.5 Å². The smallest absolute Gasteiger partial charge is 0.234 e. The van der Waals surface area contributed by atoms with Gasteiger partial charge in [-0.05, 0) is 31.6 Å². The Morgan fingerprint density at radius 2 is 2.28 bits per heavy atom. The molecule has 0 saturated heterocycles. The third-order valence-electron chi connectivity index (χ3n) is 3.48. The molecule has 1 aliphatic rings. The fraction of sp³-hybridized carbons (Fsp3) is 0.714. The van der Waals surface area contributed by atoms with Crippen molar-refractivity contribution < 1.29 is 4.74 Å². The summed E-state index contributed by atoms with van der Waals surface area (Å²) in [5, 5.41) is 3.14. The zero-order valence-electron chi connectivity index (χ0n) is 11.4. The molecule has 1 N–H and O–H groups in total. The lowest BCUT2D eigenvalue weighted by atomic mass is 9.83. The maximum absolute atomic E-state index is 5.77. The lowest BCUT2D eigenvalue weighted by molar-refractivity contribution is 0.177. The first-order valence-electron chi connectivity index (χ1n) is 6.96. The minimum atomic E-state index is 0.631. The first kappa shape index (κ1) is 13.1. The highest BCUT2D eigenvalue weighted by Crippen LogP contribution is 2.28. The average molecular weight is 249 g/mol. The Morgan fingerprint density at radius 1 is 1.39 bits per heavy atom. The van der Waals surface area contributed by atoms with Crippen LogP contribution in [0.25, 0.3) is 0 Å². The van der Waals surface area contributed by atoms with Gasteiger partial charge in [-0.25, -0.2) is 0 Å². The van der Waals surface area contributed by atoms with Crippen molar-refractivity contribution in [3.8, 4) is 5.88 Å². The third kappa shape index (κ3) is 3.86. The van der Waals surface area contributed by atoms with Crippen molar-refractivity contribution in [3.63, 3.8) is 0 Å². The Labute approximate surface area is 109 Å². The van der Waals surface area contributed by atoms with Crippen molar-refractivity contribution in [2.24, 2.45) is 11.8 Å². The highest BCUT2D eigenvalue weighted by atomic mass is 16.5. The lowest BCUT2D eigenvalue weighted by Gasteiger charge is -2.26. The van der Waals surface area contributed by atoms with Crippen LogP contribution in [0.5, 0.6) is 5.88 Å². The molecule has 1 fully saturated rings. The van der Waals surface area contributed by atoms with Crippen molar-refractivity contribution in [3.05, 3.63) is 12.4 Å². The van der Waals surface area contributed by atoms with Gasteiger partial charge >= 0.3 is 0 Å². The molecule has 1 aromatic rings. The van der Waals surface area contributed by atoms with E-state index in [0.29, 0.717) is 11.8 Å². The number of nitrogens with one attached hydrogen (secondary N) is 1. The molecule has 18 heavy (non-hydrogen) atoms. The minimum Gasteiger partial charge on any atom is -0.476 e. The topological polar surface area (TPSA) is 47.0 Å². The summed E-state index contributed by atoms with van der Waals surface area (Å²) in [6, 6.07) is 0. The normalized spacial score (nSPS) is 23.7. The fourth-order valence-electron chi connectivity index (χ4n) is 2.60. The molecule has 2 unspecified atom stereocenters. The van der Waals surface area contributed by atoms with Crippen LogP contribution in [0.4, 0.5) is 5.82 Å². The fourth-order valence-corrected chi connectivity index (χ4v) is 2.60. The molecule has 1 aliphatic carbocycles. The molecule has 4 nitrogen and oxygen atoms in total. The monoisotopic (exact) mass is 249 g/mol. The van der Waals surface area contributed by atoms with Crippen molar-refractivity contribution >= 4 is 5.82 Å². The summed E-state index contributed by atoms with van der Waals surface area (Å²) < 4.78 is 5.77. The molecule has 0 aliphatic heterocycles. The van der Waals surface area contributed by atoms with E-state index >= 15 is 0 Å². The van der Waals surface area contributed by atoms with Gasteiger partial charge in [-0.15, -0.1) is 0 Å². The van der Waals surface area contributed by atoms with Crippen LogP contribution in [0.3, 0.4) is 0 Å². The molecule has 1 saturated carbocycles. The SMILES string of the molecule is CCNc1cncc(OCC2CCCC(C)C2)n1. The molecule has 1 heterocycles. The summed E-state index contributed by atoms with van der Waals surface area (Å²) in [7, 11) is 0. The van der Waals surface area contributed by atoms with Gasteiger partial charge in [0.05, 0.1) is 19.0 Å². The van der Waals surface area contributed by atoms with E-state index in [1.807, 2.05) is 6.92 Å². The third-order valence-corrected chi connectivity index (χ3v) is 3.48. The molecule has 0 aromatic carbocycles. The Bertz CT molecular complexity index is 370. The van der Waals surface area contributed by atoms with Crippen LogP contribution in [0.1, 0.15) is 39.5 Å². The summed E-state index contributed by atoms with van der Waals surface area (Å²) in [5.41, 5.74) is 0. The maximum atomic E-state index is 5.77. The van der Waals surface area contributed by atoms with Gasteiger partial charge in [0.15, 0.2) is 0 Å². The number of hydrogen-bond donors (Lipinski definition) is 1. The van der Waals surface area contributed by atoms with Crippen LogP contribution in [0.2, 0.25) is 0 Å². The molecule has 0 radical (unpaired) electrons. The lowest BCUT2D eigenvalue weighted by Crippen LogP contribution is -2.20. The Hall–Kier alpha value is -1.32. The molecule has 1 aromatic heterocycles. The van der Waals surface area contributed by atoms with E-state index < -0.39 is 0 Å². The van der Waals surface area contributed by atoms with Gasteiger partial charge in [-0.3, -0.25) is 4.98 Å². The van der Waals surface area contributed by atoms with E-state index in [9.17, 15) is 0 Å². The predicted molar refractivity (Wildman–Crippen MR) is 72.8 cm³/mol. The standard InChI is InChI=1S/C14H23N3O/c1-3-16-13-8-15-9-14(17-13)18-10-12-6-4-5-11(2)7-12/h8-9,11-12H,3-7,10H2,1-2H3,(H,16,17). The molecule has 0 amide bonds. The summed E-state index contributed by atoms with van der Waals surface area (Å²) in [4.78, 5) is 8.50. The second-order valence-corrected chi connectivity index (χ2v) is 5.22. The van der Waals surface area contributed by atoms with E-state index in [4.69, 9.17) is 4.74 Å². The molecular weight excluding hydrogens is 226 g/mol. The highest BCUT2D eigenvalue weighted by molar-refractivity contribution is 5.32. The van der Waals surface area contributed by atoms with Crippen LogP contribution in [0, 0.1) is 11.8 Å². The summed E-state index contributed by atoms with van der Waals surface area (Å²) in [5.74, 6) is 2.93. The first-order valence-corrected chi connectivity index (χ1v) is 6.96. The van der Waals surface area contributed by atoms with Crippen LogP contribution < -0.4 is 10.1 Å². The van der Waals surface area contributed by atoms with E-state index in [2.05, 4.69) is 22.2 Å². The number of hydrogen-bond acceptors (Lipinski definition) is 4. The summed E-state index contributed by atoms with van der Waals surface area (Å²) in [6.45, 7) is 5.99. The van der Waals surface area contributed by atoms with Gasteiger partial charge in [0, 0.05) is 6.54 Å². The van der Waals surface area contributed by atoms with Gasteiger partial charge in [0.1, 0.15) is 5.82 Å². The van der Waals surface area contributed by atoms with Crippen LogP contribution >= 0.6 is 0 Å². The first-order chi connectivity index (χ1) is 8.78. The number of anilines is 1. The van der Waals surface area contributed by atoms with Gasteiger partial charge in [-0.1, -0.05) is 19.8 Å². The average Bonchev–Trinajstić information content (AvgIpc) is 2.37.